The minimum absolute atomic E-state index is 0.132. The molecular formula is C22H19ClN2O3. The minimum Gasteiger partial charge on any atom is -0.444 e. The first-order valence-electron chi connectivity index (χ1n) is 9.21. The van der Waals surface area contributed by atoms with Crippen molar-refractivity contribution in [2.75, 3.05) is 0 Å². The summed E-state index contributed by atoms with van der Waals surface area (Å²) in [5.41, 5.74) is 4.02. The highest BCUT2D eigenvalue weighted by molar-refractivity contribution is 6.30. The lowest BCUT2D eigenvalue weighted by molar-refractivity contribution is 0.0196. The molecule has 5 nitrogen and oxygen atoms in total. The van der Waals surface area contributed by atoms with E-state index in [1.54, 1.807) is 4.90 Å². The zero-order valence-electron chi connectivity index (χ0n) is 15.8. The number of ether oxygens (including phenoxy) is 1. The van der Waals surface area contributed by atoms with E-state index in [0.717, 1.165) is 27.8 Å². The monoisotopic (exact) mass is 394 g/mol. The third-order valence-electron chi connectivity index (χ3n) is 5.11. The first kappa shape index (κ1) is 17.3. The molecule has 2 bridgehead atoms. The number of nitrogens with zero attached hydrogens (tertiary/aromatic N) is 2. The van der Waals surface area contributed by atoms with Gasteiger partial charge in [-0.1, -0.05) is 41.0 Å². The molecule has 0 spiro atoms. The van der Waals surface area contributed by atoms with Gasteiger partial charge in [0.05, 0.1) is 17.5 Å². The number of hydrogen-bond acceptors (Lipinski definition) is 4. The van der Waals surface area contributed by atoms with E-state index in [-0.39, 0.29) is 18.2 Å². The van der Waals surface area contributed by atoms with E-state index < -0.39 is 5.60 Å². The summed E-state index contributed by atoms with van der Waals surface area (Å²) in [5.74, 6) is 0. The van der Waals surface area contributed by atoms with Crippen LogP contribution in [-0.2, 0) is 4.74 Å². The minimum atomic E-state index is -0.537. The average Bonchev–Trinajstić information content (AvgIpc) is 3.30. The van der Waals surface area contributed by atoms with Crippen molar-refractivity contribution in [2.24, 2.45) is 0 Å². The van der Waals surface area contributed by atoms with E-state index in [4.69, 9.17) is 20.9 Å². The van der Waals surface area contributed by atoms with Crippen LogP contribution in [0.4, 0.5) is 4.79 Å². The van der Waals surface area contributed by atoms with Gasteiger partial charge in [0.1, 0.15) is 11.3 Å². The van der Waals surface area contributed by atoms with Gasteiger partial charge in [-0.15, -0.1) is 0 Å². The fraction of sp³-hybridized carbons (Fsp3) is 0.273. The number of fused-ring (bicyclic) bond motifs is 6. The first-order chi connectivity index (χ1) is 13.3. The van der Waals surface area contributed by atoms with Crippen molar-refractivity contribution >= 4 is 28.7 Å². The van der Waals surface area contributed by atoms with E-state index in [1.165, 1.54) is 0 Å². The number of benzene rings is 2. The maximum atomic E-state index is 12.8. The molecule has 3 heterocycles. The highest BCUT2D eigenvalue weighted by Gasteiger charge is 2.45. The first-order valence-corrected chi connectivity index (χ1v) is 9.58. The van der Waals surface area contributed by atoms with E-state index >= 15 is 0 Å². The Labute approximate surface area is 167 Å². The Morgan fingerprint density at radius 2 is 1.75 bits per heavy atom. The summed E-state index contributed by atoms with van der Waals surface area (Å²) in [6, 6.07) is 11.3. The largest absolute Gasteiger partial charge is 0.444 e. The number of halogens is 1. The summed E-state index contributed by atoms with van der Waals surface area (Å²) in [7, 11) is 0. The topological polar surface area (TPSA) is 55.6 Å². The zero-order valence-corrected chi connectivity index (χ0v) is 16.5. The summed E-state index contributed by atoms with van der Waals surface area (Å²) in [6.07, 6.45) is 3.79. The molecule has 0 saturated heterocycles. The molecule has 142 valence electrons. The van der Waals surface area contributed by atoms with E-state index in [0.29, 0.717) is 10.6 Å². The summed E-state index contributed by atoms with van der Waals surface area (Å²) < 4.78 is 11.2. The smallest absolute Gasteiger partial charge is 0.411 e. The number of rotatable bonds is 1. The van der Waals surface area contributed by atoms with Gasteiger partial charge in [0.25, 0.3) is 0 Å². The quantitative estimate of drug-likeness (QED) is 0.471. The van der Waals surface area contributed by atoms with Crippen LogP contribution in [-0.4, -0.2) is 21.8 Å². The summed E-state index contributed by atoms with van der Waals surface area (Å²) >= 11 is 6.00. The van der Waals surface area contributed by atoms with Crippen molar-refractivity contribution in [3.05, 3.63) is 64.7 Å². The molecule has 1 aromatic heterocycles. The lowest BCUT2D eigenvalue weighted by Crippen LogP contribution is -2.35. The van der Waals surface area contributed by atoms with Crippen molar-refractivity contribution in [2.45, 2.75) is 38.5 Å². The molecular weight excluding hydrogens is 376 g/mol. The fourth-order valence-corrected chi connectivity index (χ4v) is 4.09. The van der Waals surface area contributed by atoms with Gasteiger partial charge >= 0.3 is 6.09 Å². The molecule has 0 aliphatic carbocycles. The third kappa shape index (κ3) is 2.61. The van der Waals surface area contributed by atoms with Gasteiger partial charge in [-0.05, 0) is 56.2 Å². The maximum Gasteiger partial charge on any atom is 0.411 e. The van der Waals surface area contributed by atoms with Crippen LogP contribution in [0.2, 0.25) is 5.02 Å². The number of amides is 1. The molecule has 5 rings (SSSR count). The van der Waals surface area contributed by atoms with Gasteiger partial charge in [0, 0.05) is 10.6 Å². The Kier molecular flexibility index (Phi) is 3.62. The molecule has 1 amide bonds. The Bertz CT molecular complexity index is 1130. The third-order valence-corrected chi connectivity index (χ3v) is 5.36. The van der Waals surface area contributed by atoms with Crippen molar-refractivity contribution in [1.29, 1.82) is 0 Å². The Morgan fingerprint density at radius 1 is 1.11 bits per heavy atom. The lowest BCUT2D eigenvalue weighted by Gasteiger charge is -2.27. The van der Waals surface area contributed by atoms with E-state index in [1.807, 2.05) is 57.2 Å². The standard InChI is InChI=1S/C22H19ClN2O3/c1-22(2,3)27-21(26)25-17-8-9-18(25)15-11-19-16(10-14(15)17)20(24-28-19)12-4-6-13(23)7-5-12/h4-11,17-18H,1-3H3. The van der Waals surface area contributed by atoms with Crippen LogP contribution < -0.4 is 0 Å². The molecule has 3 aromatic rings. The molecule has 2 aliphatic heterocycles. The zero-order chi connectivity index (χ0) is 19.6. The predicted octanol–water partition coefficient (Wildman–Crippen LogP) is 6.05. The van der Waals surface area contributed by atoms with Gasteiger partial charge in [-0.3, -0.25) is 4.90 Å². The van der Waals surface area contributed by atoms with Crippen LogP contribution in [0.5, 0.6) is 0 Å². The summed E-state index contributed by atoms with van der Waals surface area (Å²) in [4.78, 5) is 14.5. The lowest BCUT2D eigenvalue weighted by atomic mass is 9.94. The van der Waals surface area contributed by atoms with Gasteiger partial charge in [0.15, 0.2) is 5.58 Å². The van der Waals surface area contributed by atoms with Crippen molar-refractivity contribution in [3.8, 4) is 11.3 Å². The number of carbonyl (C=O) groups excluding carboxylic acids is 1. The summed E-state index contributed by atoms with van der Waals surface area (Å²) in [5, 5.41) is 5.86. The number of aromatic nitrogens is 1. The second kappa shape index (κ2) is 5.85. The van der Waals surface area contributed by atoms with Crippen molar-refractivity contribution in [3.63, 3.8) is 0 Å². The molecule has 0 N–H and O–H groups in total. The SMILES string of the molecule is CC(C)(C)OC(=O)N1C2C=CC1c1cc3c(-c4ccc(Cl)cc4)noc3cc12. The normalized spacial score (nSPS) is 20.1. The van der Waals surface area contributed by atoms with Gasteiger partial charge in [0.2, 0.25) is 0 Å². The molecule has 2 unspecified atom stereocenters. The van der Waals surface area contributed by atoms with Gasteiger partial charge in [-0.2, -0.15) is 0 Å². The van der Waals surface area contributed by atoms with Crippen LogP contribution in [0, 0.1) is 0 Å². The van der Waals surface area contributed by atoms with Gasteiger partial charge in [-0.25, -0.2) is 4.79 Å². The maximum absolute atomic E-state index is 12.8. The average molecular weight is 395 g/mol. The van der Waals surface area contributed by atoms with Crippen LogP contribution >= 0.6 is 11.6 Å². The Morgan fingerprint density at radius 3 is 2.39 bits per heavy atom. The molecule has 2 atom stereocenters. The molecule has 0 radical (unpaired) electrons. The Balaban J connectivity index is 1.56. The molecule has 0 saturated carbocycles. The van der Waals surface area contributed by atoms with E-state index in [2.05, 4.69) is 17.3 Å². The predicted molar refractivity (Wildman–Crippen MR) is 107 cm³/mol. The number of carbonyl (C=O) groups is 1. The van der Waals surface area contributed by atoms with Crippen LogP contribution in [0.1, 0.15) is 44.0 Å². The molecule has 6 heteroatoms. The van der Waals surface area contributed by atoms with Crippen molar-refractivity contribution < 1.29 is 14.1 Å². The second-order valence-electron chi connectivity index (χ2n) is 8.18. The molecule has 2 aliphatic rings. The highest BCUT2D eigenvalue weighted by atomic mass is 35.5. The highest BCUT2D eigenvalue weighted by Crippen LogP contribution is 2.50. The molecule has 0 fully saturated rings. The van der Waals surface area contributed by atoms with Crippen LogP contribution in [0.15, 0.2) is 53.1 Å². The van der Waals surface area contributed by atoms with E-state index in [9.17, 15) is 4.79 Å². The Hall–Kier alpha value is -2.79. The number of hydrogen-bond donors (Lipinski definition) is 0. The van der Waals surface area contributed by atoms with Crippen molar-refractivity contribution in [1.82, 2.24) is 10.1 Å². The molecule has 2 aromatic carbocycles. The van der Waals surface area contributed by atoms with Crippen LogP contribution in [0.25, 0.3) is 22.2 Å². The molecule has 28 heavy (non-hydrogen) atoms. The fourth-order valence-electron chi connectivity index (χ4n) is 3.96. The second-order valence-corrected chi connectivity index (χ2v) is 8.61. The van der Waals surface area contributed by atoms with Crippen LogP contribution in [0.3, 0.4) is 0 Å². The van der Waals surface area contributed by atoms with Gasteiger partial charge < -0.3 is 9.26 Å². The summed E-state index contributed by atoms with van der Waals surface area (Å²) in [6.45, 7) is 5.63.